The average Bonchev–Trinajstić information content (AvgIpc) is 3.17. The zero-order valence-electron chi connectivity index (χ0n) is 14.2. The first-order valence-corrected chi connectivity index (χ1v) is 11.1. The molecule has 0 aromatic carbocycles. The third-order valence-corrected chi connectivity index (χ3v) is 8.53. The standard InChI is InChI=1S/C17H26N2O3S2/c1-18(15-8-3-2-4-9-15)17(20)14-7-5-11-19(13-14)24(21,22)16-10-6-12-23-16/h6,10,12,14-15H,2-5,7-9,11,13H2,1H3/t14-/m0/s1. The second-order valence-corrected chi connectivity index (χ2v) is 9.99. The number of nitrogens with zero attached hydrogens (tertiary/aromatic N) is 2. The predicted octanol–water partition coefficient (Wildman–Crippen LogP) is 2.94. The van der Waals surface area contributed by atoms with Crippen LogP contribution in [0.5, 0.6) is 0 Å². The number of thiophene rings is 1. The molecule has 134 valence electrons. The molecule has 2 heterocycles. The summed E-state index contributed by atoms with van der Waals surface area (Å²) < 4.78 is 27.3. The Hall–Kier alpha value is -0.920. The van der Waals surface area contributed by atoms with Gasteiger partial charge < -0.3 is 4.90 Å². The van der Waals surface area contributed by atoms with Crippen LogP contribution in [-0.4, -0.2) is 49.7 Å². The Bertz CT molecular complexity index is 651. The fourth-order valence-electron chi connectivity index (χ4n) is 3.84. The topological polar surface area (TPSA) is 57.7 Å². The fraction of sp³-hybridized carbons (Fsp3) is 0.706. The molecule has 0 unspecified atom stereocenters. The molecule has 1 aliphatic carbocycles. The van der Waals surface area contributed by atoms with Crippen LogP contribution in [0.4, 0.5) is 0 Å². The van der Waals surface area contributed by atoms with Crippen LogP contribution in [0.1, 0.15) is 44.9 Å². The lowest BCUT2D eigenvalue weighted by Gasteiger charge is -2.37. The van der Waals surface area contributed by atoms with Gasteiger partial charge in [0.25, 0.3) is 10.0 Å². The number of hydrogen-bond acceptors (Lipinski definition) is 4. The summed E-state index contributed by atoms with van der Waals surface area (Å²) in [6.45, 7) is 0.827. The molecule has 2 fully saturated rings. The third kappa shape index (κ3) is 3.68. The maximum absolute atomic E-state index is 12.9. The van der Waals surface area contributed by atoms with Crippen LogP contribution in [-0.2, 0) is 14.8 Å². The van der Waals surface area contributed by atoms with Crippen molar-refractivity contribution in [2.75, 3.05) is 20.1 Å². The largest absolute Gasteiger partial charge is 0.342 e. The molecule has 1 aromatic rings. The first-order chi connectivity index (χ1) is 11.5. The second kappa shape index (κ2) is 7.54. The zero-order chi connectivity index (χ0) is 17.2. The Balaban J connectivity index is 1.68. The summed E-state index contributed by atoms with van der Waals surface area (Å²) in [4.78, 5) is 14.8. The van der Waals surface area contributed by atoms with Gasteiger partial charge in [0.1, 0.15) is 4.21 Å². The van der Waals surface area contributed by atoms with Crippen molar-refractivity contribution < 1.29 is 13.2 Å². The molecule has 0 radical (unpaired) electrons. The van der Waals surface area contributed by atoms with E-state index in [1.165, 1.54) is 34.9 Å². The van der Waals surface area contributed by atoms with Crippen LogP contribution in [0.25, 0.3) is 0 Å². The molecule has 5 nitrogen and oxygen atoms in total. The molecule has 0 bridgehead atoms. The smallest absolute Gasteiger partial charge is 0.252 e. The van der Waals surface area contributed by atoms with Crippen LogP contribution in [0.2, 0.25) is 0 Å². The number of rotatable bonds is 4. The normalized spacial score (nSPS) is 24.0. The molecular formula is C17H26N2O3S2. The molecule has 2 aliphatic rings. The minimum atomic E-state index is -3.45. The molecule has 1 saturated heterocycles. The predicted molar refractivity (Wildman–Crippen MR) is 95.4 cm³/mol. The van der Waals surface area contributed by atoms with Gasteiger partial charge in [0.05, 0.1) is 5.92 Å². The quantitative estimate of drug-likeness (QED) is 0.819. The molecule has 7 heteroatoms. The summed E-state index contributed by atoms with van der Waals surface area (Å²) in [7, 11) is -1.56. The molecular weight excluding hydrogens is 344 g/mol. The maximum atomic E-state index is 12.9. The van der Waals surface area contributed by atoms with Gasteiger partial charge in [-0.15, -0.1) is 11.3 Å². The van der Waals surface area contributed by atoms with Crippen LogP contribution in [0, 0.1) is 5.92 Å². The Morgan fingerprint density at radius 2 is 1.96 bits per heavy atom. The Kier molecular flexibility index (Phi) is 5.62. The molecule has 3 rings (SSSR count). The van der Waals surface area contributed by atoms with Gasteiger partial charge in [0.15, 0.2) is 0 Å². The summed E-state index contributed by atoms with van der Waals surface area (Å²) in [6, 6.07) is 3.72. The van der Waals surface area contributed by atoms with Gasteiger partial charge in [-0.05, 0) is 37.1 Å². The molecule has 1 amide bonds. The van der Waals surface area contributed by atoms with Crippen molar-refractivity contribution in [2.24, 2.45) is 5.92 Å². The highest BCUT2D eigenvalue weighted by Gasteiger charge is 2.36. The van der Waals surface area contributed by atoms with Crippen molar-refractivity contribution in [3.05, 3.63) is 17.5 Å². The summed E-state index contributed by atoms with van der Waals surface area (Å²) >= 11 is 1.24. The van der Waals surface area contributed by atoms with Gasteiger partial charge in [0.2, 0.25) is 5.91 Å². The lowest BCUT2D eigenvalue weighted by Crippen LogP contribution is -2.48. The highest BCUT2D eigenvalue weighted by atomic mass is 32.2. The van der Waals surface area contributed by atoms with E-state index in [0.717, 1.165) is 25.7 Å². The van der Waals surface area contributed by atoms with Crippen molar-refractivity contribution >= 4 is 27.3 Å². The Labute approximate surface area is 148 Å². The van der Waals surface area contributed by atoms with Crippen molar-refractivity contribution in [2.45, 2.75) is 55.2 Å². The van der Waals surface area contributed by atoms with Crippen molar-refractivity contribution in [3.63, 3.8) is 0 Å². The number of sulfonamides is 1. The minimum Gasteiger partial charge on any atom is -0.342 e. The van der Waals surface area contributed by atoms with E-state index in [0.29, 0.717) is 23.3 Å². The highest BCUT2D eigenvalue weighted by Crippen LogP contribution is 2.29. The molecule has 0 N–H and O–H groups in total. The van der Waals surface area contributed by atoms with E-state index in [2.05, 4.69) is 0 Å². The molecule has 1 atom stereocenters. The minimum absolute atomic E-state index is 0.118. The highest BCUT2D eigenvalue weighted by molar-refractivity contribution is 7.91. The van der Waals surface area contributed by atoms with E-state index in [1.54, 1.807) is 17.5 Å². The number of piperidine rings is 1. The lowest BCUT2D eigenvalue weighted by molar-refractivity contribution is -0.138. The number of carbonyl (C=O) groups is 1. The van der Waals surface area contributed by atoms with E-state index in [-0.39, 0.29) is 11.8 Å². The summed E-state index contributed by atoms with van der Waals surface area (Å²) in [5, 5.41) is 1.77. The Morgan fingerprint density at radius 1 is 1.21 bits per heavy atom. The van der Waals surface area contributed by atoms with Crippen LogP contribution >= 0.6 is 11.3 Å². The van der Waals surface area contributed by atoms with Crippen LogP contribution in [0.3, 0.4) is 0 Å². The number of hydrogen-bond donors (Lipinski definition) is 0. The van der Waals surface area contributed by atoms with E-state index in [9.17, 15) is 13.2 Å². The second-order valence-electron chi connectivity index (χ2n) is 6.88. The first-order valence-electron chi connectivity index (χ1n) is 8.80. The van der Waals surface area contributed by atoms with Crippen LogP contribution in [0.15, 0.2) is 21.7 Å². The van der Waals surface area contributed by atoms with Gasteiger partial charge in [-0.2, -0.15) is 4.31 Å². The van der Waals surface area contributed by atoms with E-state index in [4.69, 9.17) is 0 Å². The van der Waals surface area contributed by atoms with Crippen molar-refractivity contribution in [1.29, 1.82) is 0 Å². The summed E-state index contributed by atoms with van der Waals surface area (Å²) in [5.74, 6) is -0.0895. The van der Waals surface area contributed by atoms with Crippen molar-refractivity contribution in [3.8, 4) is 0 Å². The molecule has 1 aliphatic heterocycles. The maximum Gasteiger partial charge on any atom is 0.252 e. The fourth-order valence-corrected chi connectivity index (χ4v) is 6.50. The average molecular weight is 371 g/mol. The van der Waals surface area contributed by atoms with E-state index >= 15 is 0 Å². The van der Waals surface area contributed by atoms with Gasteiger partial charge in [-0.25, -0.2) is 8.42 Å². The summed E-state index contributed by atoms with van der Waals surface area (Å²) in [5.41, 5.74) is 0. The third-order valence-electron chi connectivity index (χ3n) is 5.29. The first kappa shape index (κ1) is 17.9. The zero-order valence-corrected chi connectivity index (χ0v) is 15.8. The van der Waals surface area contributed by atoms with Gasteiger partial charge in [0, 0.05) is 26.2 Å². The Morgan fingerprint density at radius 3 is 2.62 bits per heavy atom. The van der Waals surface area contributed by atoms with Gasteiger partial charge >= 0.3 is 0 Å². The molecule has 1 saturated carbocycles. The summed E-state index contributed by atoms with van der Waals surface area (Å²) in [6.07, 6.45) is 7.32. The van der Waals surface area contributed by atoms with E-state index in [1.807, 2.05) is 11.9 Å². The molecule has 0 spiro atoms. The monoisotopic (exact) mass is 370 g/mol. The van der Waals surface area contributed by atoms with Crippen molar-refractivity contribution in [1.82, 2.24) is 9.21 Å². The molecule has 24 heavy (non-hydrogen) atoms. The van der Waals surface area contributed by atoms with Crippen LogP contribution < -0.4 is 0 Å². The SMILES string of the molecule is CN(C(=O)[C@H]1CCCN(S(=O)(=O)c2cccs2)C1)C1CCCCC1. The van der Waals surface area contributed by atoms with E-state index < -0.39 is 10.0 Å². The number of amides is 1. The lowest BCUT2D eigenvalue weighted by atomic mass is 9.92. The van der Waals surface area contributed by atoms with Gasteiger partial charge in [-0.1, -0.05) is 25.3 Å². The number of carbonyl (C=O) groups excluding carboxylic acids is 1. The molecule has 1 aromatic heterocycles. The van der Waals surface area contributed by atoms with Gasteiger partial charge in [-0.3, -0.25) is 4.79 Å².